The van der Waals surface area contributed by atoms with Crippen molar-refractivity contribution in [3.63, 3.8) is 0 Å². The van der Waals surface area contributed by atoms with Crippen LogP contribution in [0.2, 0.25) is 0 Å². The van der Waals surface area contributed by atoms with E-state index < -0.39 is 0 Å². The molecule has 0 spiro atoms. The lowest BCUT2D eigenvalue weighted by Crippen LogP contribution is -2.29. The van der Waals surface area contributed by atoms with Crippen molar-refractivity contribution in [2.75, 3.05) is 25.5 Å². The van der Waals surface area contributed by atoms with Crippen LogP contribution in [0.4, 0.5) is 5.82 Å². The fourth-order valence-electron chi connectivity index (χ4n) is 4.73. The van der Waals surface area contributed by atoms with Gasteiger partial charge >= 0.3 is 0 Å². The molecule has 0 bridgehead atoms. The number of anilines is 1. The lowest BCUT2D eigenvalue weighted by Gasteiger charge is -2.29. The number of ketones is 1. The first kappa shape index (κ1) is 24.0. The van der Waals surface area contributed by atoms with E-state index in [4.69, 9.17) is 4.98 Å². The quantitative estimate of drug-likeness (QED) is 0.367. The summed E-state index contributed by atoms with van der Waals surface area (Å²) >= 11 is 0. The highest BCUT2D eigenvalue weighted by Crippen LogP contribution is 2.28. The minimum absolute atomic E-state index is 0.0751. The molecule has 5 rings (SSSR count). The monoisotopic (exact) mass is 480 g/mol. The number of nitrogens with one attached hydrogen (secondary N) is 1. The summed E-state index contributed by atoms with van der Waals surface area (Å²) in [5.74, 6) is 1.31. The molecule has 0 amide bonds. The van der Waals surface area contributed by atoms with Crippen molar-refractivity contribution < 1.29 is 4.79 Å². The van der Waals surface area contributed by atoms with E-state index in [1.165, 1.54) is 5.56 Å². The van der Waals surface area contributed by atoms with E-state index >= 15 is 0 Å². The van der Waals surface area contributed by atoms with E-state index in [1.54, 1.807) is 18.6 Å². The van der Waals surface area contributed by atoms with Crippen LogP contribution in [0.25, 0.3) is 22.3 Å². The molecule has 0 radical (unpaired) electrons. The van der Waals surface area contributed by atoms with Gasteiger partial charge in [-0.15, -0.1) is 0 Å². The predicted molar refractivity (Wildman–Crippen MR) is 143 cm³/mol. The van der Waals surface area contributed by atoms with Gasteiger partial charge < -0.3 is 10.2 Å². The molecule has 1 aliphatic heterocycles. The van der Waals surface area contributed by atoms with E-state index in [0.29, 0.717) is 23.1 Å². The summed E-state index contributed by atoms with van der Waals surface area (Å²) in [6, 6.07) is 14.2. The fourth-order valence-corrected chi connectivity index (χ4v) is 4.73. The summed E-state index contributed by atoms with van der Waals surface area (Å²) in [5, 5.41) is 4.19. The van der Waals surface area contributed by atoms with Crippen LogP contribution in [-0.2, 0) is 6.42 Å². The van der Waals surface area contributed by atoms with Gasteiger partial charge in [0.05, 0.1) is 35.7 Å². The first-order valence-corrected chi connectivity index (χ1v) is 12.6. The van der Waals surface area contributed by atoms with Gasteiger partial charge in [0.1, 0.15) is 11.5 Å². The van der Waals surface area contributed by atoms with Gasteiger partial charge in [0.25, 0.3) is 0 Å². The molecule has 1 aliphatic rings. The molecular formula is C29H32N6O. The summed E-state index contributed by atoms with van der Waals surface area (Å²) in [5.41, 5.74) is 4.94. The summed E-state index contributed by atoms with van der Waals surface area (Å²) in [7, 11) is 2.17. The molecule has 3 aromatic heterocycles. The van der Waals surface area contributed by atoms with Crippen molar-refractivity contribution in [1.82, 2.24) is 24.8 Å². The van der Waals surface area contributed by atoms with Crippen molar-refractivity contribution in [2.45, 2.75) is 45.1 Å². The molecule has 184 valence electrons. The molecule has 1 saturated heterocycles. The highest BCUT2D eigenvalue weighted by atomic mass is 16.1. The van der Waals surface area contributed by atoms with Gasteiger partial charge in [0, 0.05) is 23.2 Å². The SMILES string of the molecule is CC(C)Nc1cncc(-c2ccc3cnc(CC(=O)c4cccc(C5CCN(C)CC5)c4)cc3n2)n1. The Balaban J connectivity index is 1.35. The Morgan fingerprint density at radius 3 is 2.67 bits per heavy atom. The van der Waals surface area contributed by atoms with Gasteiger partial charge in [-0.1, -0.05) is 18.2 Å². The summed E-state index contributed by atoms with van der Waals surface area (Å²) < 4.78 is 0. The van der Waals surface area contributed by atoms with Gasteiger partial charge in [-0.25, -0.2) is 9.97 Å². The first-order chi connectivity index (χ1) is 17.4. The van der Waals surface area contributed by atoms with Crippen LogP contribution in [0, 0.1) is 0 Å². The minimum atomic E-state index is 0.0751. The number of hydrogen-bond donors (Lipinski definition) is 1. The maximum Gasteiger partial charge on any atom is 0.168 e. The first-order valence-electron chi connectivity index (χ1n) is 12.6. The smallest absolute Gasteiger partial charge is 0.168 e. The van der Waals surface area contributed by atoms with Crippen LogP contribution < -0.4 is 5.32 Å². The number of benzene rings is 1. The Kier molecular flexibility index (Phi) is 7.00. The zero-order chi connectivity index (χ0) is 25.1. The lowest BCUT2D eigenvalue weighted by atomic mass is 9.88. The number of carbonyl (C=O) groups excluding carboxylic acids is 1. The second-order valence-corrected chi connectivity index (χ2v) is 9.96. The van der Waals surface area contributed by atoms with Crippen molar-refractivity contribution in [2.24, 2.45) is 0 Å². The highest BCUT2D eigenvalue weighted by Gasteiger charge is 2.19. The average molecular weight is 481 g/mol. The third-order valence-electron chi connectivity index (χ3n) is 6.70. The normalized spacial score (nSPS) is 14.9. The second kappa shape index (κ2) is 10.5. The molecule has 0 saturated carbocycles. The number of likely N-dealkylation sites (tertiary alicyclic amines) is 1. The number of aromatic nitrogens is 4. The van der Waals surface area contributed by atoms with E-state index in [2.05, 4.69) is 58.2 Å². The van der Waals surface area contributed by atoms with Gasteiger partial charge in [-0.3, -0.25) is 14.8 Å². The molecule has 36 heavy (non-hydrogen) atoms. The van der Waals surface area contributed by atoms with E-state index in [9.17, 15) is 4.79 Å². The fraction of sp³-hybridized carbons (Fsp3) is 0.345. The molecule has 1 aromatic carbocycles. The molecule has 1 N–H and O–H groups in total. The van der Waals surface area contributed by atoms with Crippen molar-refractivity contribution in [3.05, 3.63) is 77.9 Å². The van der Waals surface area contributed by atoms with Crippen LogP contribution in [0.15, 0.2) is 61.1 Å². The second-order valence-electron chi connectivity index (χ2n) is 9.96. The number of nitrogens with zero attached hydrogens (tertiary/aromatic N) is 5. The molecule has 4 heterocycles. The van der Waals surface area contributed by atoms with Crippen LogP contribution >= 0.6 is 0 Å². The van der Waals surface area contributed by atoms with Crippen molar-refractivity contribution in [3.8, 4) is 11.4 Å². The number of Topliss-reactive ketones (excluding diaryl/α,β-unsaturated/α-hetero) is 1. The Morgan fingerprint density at radius 1 is 1.03 bits per heavy atom. The number of piperidine rings is 1. The Hall–Kier alpha value is -3.71. The predicted octanol–water partition coefficient (Wildman–Crippen LogP) is 5.14. The molecule has 7 nitrogen and oxygen atoms in total. The minimum Gasteiger partial charge on any atom is -0.367 e. The largest absolute Gasteiger partial charge is 0.367 e. The third kappa shape index (κ3) is 5.57. The zero-order valence-electron chi connectivity index (χ0n) is 21.1. The Morgan fingerprint density at radius 2 is 1.86 bits per heavy atom. The summed E-state index contributed by atoms with van der Waals surface area (Å²) in [6.45, 7) is 6.32. The van der Waals surface area contributed by atoms with Gasteiger partial charge in [-0.2, -0.15) is 0 Å². The molecule has 0 unspecified atom stereocenters. The van der Waals surface area contributed by atoms with E-state index in [0.717, 1.165) is 48.1 Å². The molecule has 7 heteroatoms. The topological polar surface area (TPSA) is 83.9 Å². The molecule has 0 atom stereocenters. The van der Waals surface area contributed by atoms with Crippen molar-refractivity contribution >= 4 is 22.5 Å². The van der Waals surface area contributed by atoms with E-state index in [-0.39, 0.29) is 18.2 Å². The summed E-state index contributed by atoms with van der Waals surface area (Å²) in [6.07, 6.45) is 7.71. The molecule has 1 fully saturated rings. The number of pyridine rings is 2. The van der Waals surface area contributed by atoms with Crippen LogP contribution in [-0.4, -0.2) is 56.8 Å². The Labute approximate surface area is 212 Å². The number of fused-ring (bicyclic) bond motifs is 1. The van der Waals surface area contributed by atoms with Crippen LogP contribution in [0.1, 0.15) is 54.2 Å². The number of hydrogen-bond acceptors (Lipinski definition) is 7. The zero-order valence-corrected chi connectivity index (χ0v) is 21.1. The standard InChI is InChI=1S/C29H32N6O/c1-19(2)32-29-18-30-17-27(34-29)25-8-7-23-16-31-24(14-26(23)33-25)15-28(36)22-6-4-5-21(13-22)20-9-11-35(3)12-10-20/h4-8,13-14,16-20H,9-12,15H2,1-3H3,(H,32,34). The average Bonchev–Trinajstić information content (AvgIpc) is 2.88. The van der Waals surface area contributed by atoms with Crippen LogP contribution in [0.5, 0.6) is 0 Å². The van der Waals surface area contributed by atoms with Gasteiger partial charge in [-0.05, 0) is 82.6 Å². The Bertz CT molecular complexity index is 1380. The highest BCUT2D eigenvalue weighted by molar-refractivity contribution is 5.97. The summed E-state index contributed by atoms with van der Waals surface area (Å²) in [4.78, 5) is 33.8. The third-order valence-corrected chi connectivity index (χ3v) is 6.70. The van der Waals surface area contributed by atoms with Crippen molar-refractivity contribution in [1.29, 1.82) is 0 Å². The molecular weight excluding hydrogens is 448 g/mol. The number of rotatable bonds is 7. The lowest BCUT2D eigenvalue weighted by molar-refractivity contribution is 0.0992. The number of carbonyl (C=O) groups is 1. The maximum absolute atomic E-state index is 13.2. The van der Waals surface area contributed by atoms with Crippen LogP contribution in [0.3, 0.4) is 0 Å². The van der Waals surface area contributed by atoms with E-state index in [1.807, 2.05) is 30.3 Å². The van der Waals surface area contributed by atoms with Gasteiger partial charge in [0.15, 0.2) is 5.78 Å². The molecule has 4 aromatic rings. The van der Waals surface area contributed by atoms with Gasteiger partial charge in [0.2, 0.25) is 0 Å². The maximum atomic E-state index is 13.2. The molecule has 0 aliphatic carbocycles.